The Morgan fingerprint density at radius 2 is 1.70 bits per heavy atom. The van der Waals surface area contributed by atoms with E-state index in [0.29, 0.717) is 11.1 Å². The van der Waals surface area contributed by atoms with E-state index in [4.69, 9.17) is 5.73 Å². The van der Waals surface area contributed by atoms with Gasteiger partial charge in [0.1, 0.15) is 0 Å². The van der Waals surface area contributed by atoms with E-state index in [1.54, 1.807) is 6.08 Å². The Morgan fingerprint density at radius 3 is 2.27 bits per heavy atom. The van der Waals surface area contributed by atoms with E-state index >= 15 is 0 Å². The number of hydrogen-bond donors (Lipinski definition) is 1. The van der Waals surface area contributed by atoms with Gasteiger partial charge in [-0.1, -0.05) is 18.2 Å². The molecule has 0 amide bonds. The number of nitrogens with zero attached hydrogens (tertiary/aromatic N) is 5. The molecule has 2 aromatic rings. The quantitative estimate of drug-likeness (QED) is 0.332. The van der Waals surface area contributed by atoms with Gasteiger partial charge in [0.05, 0.1) is 16.7 Å². The van der Waals surface area contributed by atoms with E-state index in [1.807, 2.05) is 0 Å². The van der Waals surface area contributed by atoms with Gasteiger partial charge in [0.15, 0.2) is 0 Å². The Morgan fingerprint density at radius 1 is 1.10 bits per heavy atom. The van der Waals surface area contributed by atoms with Gasteiger partial charge in [-0.3, -0.25) is 10.1 Å². The number of alkyl halides is 3. The Bertz CT molecular complexity index is 981. The van der Waals surface area contributed by atoms with Gasteiger partial charge in [-0.25, -0.2) is 5.01 Å². The van der Waals surface area contributed by atoms with Crippen molar-refractivity contribution in [2.24, 2.45) is 21.0 Å². The van der Waals surface area contributed by atoms with E-state index in [1.165, 1.54) is 67.0 Å². The molecule has 0 saturated heterocycles. The molecular weight excluding hydrogens is 401 g/mol. The minimum absolute atomic E-state index is 0.0210. The van der Waals surface area contributed by atoms with Crippen molar-refractivity contribution >= 4 is 30.2 Å². The first-order valence-corrected chi connectivity index (χ1v) is 8.39. The number of nitro benzene ring substituents is 1. The molecule has 2 rings (SSSR count). The number of allylic oxidation sites excluding steroid dienone is 1. The maximum absolute atomic E-state index is 12.5. The third-order valence-electron chi connectivity index (χ3n) is 3.66. The van der Waals surface area contributed by atoms with Crippen LogP contribution in [-0.4, -0.2) is 35.4 Å². The van der Waals surface area contributed by atoms with Gasteiger partial charge >= 0.3 is 6.18 Å². The van der Waals surface area contributed by atoms with Crippen molar-refractivity contribution in [1.29, 1.82) is 0 Å². The van der Waals surface area contributed by atoms with E-state index in [-0.39, 0.29) is 11.6 Å². The molecule has 0 aliphatic rings. The van der Waals surface area contributed by atoms with Gasteiger partial charge in [-0.2, -0.15) is 23.4 Å². The molecule has 0 spiro atoms. The second-order valence-corrected chi connectivity index (χ2v) is 5.82. The predicted octanol–water partition coefficient (Wildman–Crippen LogP) is 3.89. The van der Waals surface area contributed by atoms with E-state index in [2.05, 4.69) is 15.3 Å². The van der Waals surface area contributed by atoms with Gasteiger partial charge in [-0.05, 0) is 41.5 Å². The minimum Gasteiger partial charge on any atom is -0.367 e. The lowest BCUT2D eigenvalue weighted by Gasteiger charge is -2.09. The number of benzene rings is 2. The standard InChI is InChI=1S/C19H17F3N6O2/c1-27(25-13-15-6-10-17(11-7-15)28(29)30)18(23)26-24-12-2-3-14-4-8-16(9-5-14)19(20,21)22/h2-13H,1H3,(H2,23,26)/b3-2+,24-12?,25-13?. The molecule has 11 heteroatoms. The highest BCUT2D eigenvalue weighted by Gasteiger charge is 2.29. The Kier molecular flexibility index (Phi) is 7.39. The topological polar surface area (TPSA) is 109 Å². The highest BCUT2D eigenvalue weighted by atomic mass is 19.4. The van der Waals surface area contributed by atoms with Crippen molar-refractivity contribution < 1.29 is 18.1 Å². The van der Waals surface area contributed by atoms with Crippen molar-refractivity contribution in [2.45, 2.75) is 6.18 Å². The van der Waals surface area contributed by atoms with Gasteiger partial charge in [0, 0.05) is 25.4 Å². The summed E-state index contributed by atoms with van der Waals surface area (Å²) in [5.74, 6) is -0.0210. The van der Waals surface area contributed by atoms with Gasteiger partial charge in [0.25, 0.3) is 5.69 Å². The second-order valence-electron chi connectivity index (χ2n) is 5.82. The van der Waals surface area contributed by atoms with Crippen molar-refractivity contribution in [1.82, 2.24) is 5.01 Å². The molecule has 0 bridgehead atoms. The molecule has 8 nitrogen and oxygen atoms in total. The highest BCUT2D eigenvalue weighted by molar-refractivity contribution is 5.84. The molecule has 0 saturated carbocycles. The van der Waals surface area contributed by atoms with Crippen molar-refractivity contribution in [3.63, 3.8) is 0 Å². The van der Waals surface area contributed by atoms with Crippen LogP contribution in [0.1, 0.15) is 16.7 Å². The van der Waals surface area contributed by atoms with Crippen LogP contribution in [0.3, 0.4) is 0 Å². The molecule has 0 atom stereocenters. The summed E-state index contributed by atoms with van der Waals surface area (Å²) in [6.07, 6.45) is 1.45. The number of nitro groups is 1. The summed E-state index contributed by atoms with van der Waals surface area (Å²) in [5.41, 5.74) is 6.17. The van der Waals surface area contributed by atoms with Crippen LogP contribution in [0, 0.1) is 10.1 Å². The average Bonchev–Trinajstić information content (AvgIpc) is 2.71. The molecule has 0 aliphatic heterocycles. The minimum atomic E-state index is -4.37. The Hall–Kier alpha value is -4.02. The van der Waals surface area contributed by atoms with Gasteiger partial charge in [0.2, 0.25) is 5.96 Å². The SMILES string of the molecule is CN(N=Cc1ccc([N+](=O)[O-])cc1)C(N)=NN=C/C=C/c1ccc(C(F)(F)F)cc1. The van der Waals surface area contributed by atoms with Crippen LogP contribution in [0.4, 0.5) is 18.9 Å². The Labute approximate surface area is 169 Å². The lowest BCUT2D eigenvalue weighted by atomic mass is 10.1. The van der Waals surface area contributed by atoms with Crippen LogP contribution in [0.5, 0.6) is 0 Å². The van der Waals surface area contributed by atoms with Crippen LogP contribution in [0.25, 0.3) is 6.08 Å². The summed E-state index contributed by atoms with van der Waals surface area (Å²) in [7, 11) is 1.54. The van der Waals surface area contributed by atoms with Crippen molar-refractivity contribution in [3.8, 4) is 0 Å². The smallest absolute Gasteiger partial charge is 0.367 e. The van der Waals surface area contributed by atoms with Crippen LogP contribution in [-0.2, 0) is 6.18 Å². The maximum Gasteiger partial charge on any atom is 0.416 e. The summed E-state index contributed by atoms with van der Waals surface area (Å²) in [6, 6.07) is 10.4. The van der Waals surface area contributed by atoms with E-state index < -0.39 is 16.7 Å². The molecule has 0 aliphatic carbocycles. The maximum atomic E-state index is 12.5. The summed E-state index contributed by atoms with van der Waals surface area (Å²) < 4.78 is 37.5. The number of non-ortho nitro benzene ring substituents is 1. The first kappa shape index (κ1) is 22.3. The molecule has 0 unspecified atom stereocenters. The van der Waals surface area contributed by atoms with E-state index in [0.717, 1.165) is 12.1 Å². The van der Waals surface area contributed by atoms with Crippen molar-refractivity contribution in [3.05, 3.63) is 81.4 Å². The fourth-order valence-corrected chi connectivity index (χ4v) is 2.03. The number of nitrogens with two attached hydrogens (primary N) is 1. The second kappa shape index (κ2) is 9.96. The van der Waals surface area contributed by atoms with Gasteiger partial charge < -0.3 is 5.73 Å². The number of guanidine groups is 1. The first-order valence-electron chi connectivity index (χ1n) is 8.39. The summed E-state index contributed by atoms with van der Waals surface area (Å²) >= 11 is 0. The summed E-state index contributed by atoms with van der Waals surface area (Å²) in [6.45, 7) is 0. The molecule has 0 heterocycles. The fraction of sp³-hybridized carbons (Fsp3) is 0.105. The molecule has 2 N–H and O–H groups in total. The number of hydrogen-bond acceptors (Lipinski definition) is 5. The van der Waals surface area contributed by atoms with Crippen LogP contribution >= 0.6 is 0 Å². The summed E-state index contributed by atoms with van der Waals surface area (Å²) in [5, 5.41) is 23.4. The molecule has 156 valence electrons. The zero-order chi connectivity index (χ0) is 22.1. The summed E-state index contributed by atoms with van der Waals surface area (Å²) in [4.78, 5) is 10.1. The zero-order valence-corrected chi connectivity index (χ0v) is 15.7. The fourth-order valence-electron chi connectivity index (χ4n) is 2.03. The number of hydrazone groups is 1. The highest BCUT2D eigenvalue weighted by Crippen LogP contribution is 2.29. The molecule has 0 aromatic heterocycles. The number of halogens is 3. The van der Waals surface area contributed by atoms with Gasteiger partial charge in [-0.15, -0.1) is 5.10 Å². The number of rotatable bonds is 6. The predicted molar refractivity (Wildman–Crippen MR) is 109 cm³/mol. The lowest BCUT2D eigenvalue weighted by molar-refractivity contribution is -0.384. The normalized spacial score (nSPS) is 12.9. The first-order chi connectivity index (χ1) is 14.2. The zero-order valence-electron chi connectivity index (χ0n) is 15.7. The molecular formula is C19H17F3N6O2. The van der Waals surface area contributed by atoms with Crippen LogP contribution in [0.2, 0.25) is 0 Å². The van der Waals surface area contributed by atoms with E-state index in [9.17, 15) is 23.3 Å². The molecule has 0 fully saturated rings. The molecule has 0 radical (unpaired) electrons. The Balaban J connectivity index is 1.90. The van der Waals surface area contributed by atoms with Crippen molar-refractivity contribution in [2.75, 3.05) is 7.05 Å². The molecule has 30 heavy (non-hydrogen) atoms. The monoisotopic (exact) mass is 418 g/mol. The average molecular weight is 418 g/mol. The third kappa shape index (κ3) is 6.86. The molecule has 2 aromatic carbocycles. The van der Waals surface area contributed by atoms with Crippen LogP contribution < -0.4 is 5.73 Å². The largest absolute Gasteiger partial charge is 0.416 e. The van der Waals surface area contributed by atoms with Crippen LogP contribution in [0.15, 0.2) is 69.9 Å². The third-order valence-corrected chi connectivity index (χ3v) is 3.66. The lowest BCUT2D eigenvalue weighted by Crippen LogP contribution is -2.29.